The lowest BCUT2D eigenvalue weighted by molar-refractivity contribution is 1.80. The largest absolute Gasteiger partial charge is 0.134 e. The first kappa shape index (κ1) is 12.0. The fraction of sp³-hybridized carbons (Fsp3) is 0. The monoisotopic (exact) mass is 324 g/mol. The van der Waals surface area contributed by atoms with Gasteiger partial charge in [-0.2, -0.15) is 0 Å². The normalized spacial score (nSPS) is 12.0. The molecule has 0 bridgehead atoms. The van der Waals surface area contributed by atoms with Crippen LogP contribution in [0.3, 0.4) is 0 Å². The van der Waals surface area contributed by atoms with E-state index in [1.165, 1.54) is 41.0 Å². The summed E-state index contributed by atoms with van der Waals surface area (Å²) in [6, 6.07) is 19.8. The number of rotatable bonds is 0. The number of halogens is 1. The SMILES string of the molecule is Clc1cc2sc3cc4cc5ccccc5cc4cc3c2s1. The van der Waals surface area contributed by atoms with E-state index in [2.05, 4.69) is 54.6 Å². The van der Waals surface area contributed by atoms with E-state index in [1.54, 1.807) is 11.3 Å². The molecule has 0 aliphatic rings. The van der Waals surface area contributed by atoms with Crippen molar-refractivity contribution in [2.45, 2.75) is 0 Å². The molecule has 2 aromatic heterocycles. The van der Waals surface area contributed by atoms with E-state index in [9.17, 15) is 0 Å². The van der Waals surface area contributed by atoms with Gasteiger partial charge in [-0.1, -0.05) is 35.9 Å². The first-order valence-corrected chi connectivity index (χ1v) is 8.73. The van der Waals surface area contributed by atoms with Gasteiger partial charge < -0.3 is 0 Å². The number of thiophene rings is 2. The molecule has 0 unspecified atom stereocenters. The summed E-state index contributed by atoms with van der Waals surface area (Å²) in [7, 11) is 0. The summed E-state index contributed by atoms with van der Waals surface area (Å²) in [5.41, 5.74) is 0. The van der Waals surface area contributed by atoms with Gasteiger partial charge in [0.25, 0.3) is 0 Å². The minimum absolute atomic E-state index is 0.872. The summed E-state index contributed by atoms with van der Waals surface area (Å²) in [6.45, 7) is 0. The molecule has 0 nitrogen and oxygen atoms in total. The topological polar surface area (TPSA) is 0 Å². The maximum absolute atomic E-state index is 6.15. The van der Waals surface area contributed by atoms with Crippen molar-refractivity contribution in [1.82, 2.24) is 0 Å². The molecule has 0 atom stereocenters. The summed E-state index contributed by atoms with van der Waals surface area (Å²) in [6.07, 6.45) is 0. The maximum atomic E-state index is 6.15. The van der Waals surface area contributed by atoms with E-state index in [-0.39, 0.29) is 0 Å². The highest BCUT2D eigenvalue weighted by Gasteiger charge is 2.10. The molecule has 3 aromatic carbocycles. The highest BCUT2D eigenvalue weighted by molar-refractivity contribution is 7.34. The van der Waals surface area contributed by atoms with Crippen LogP contribution in [0, 0.1) is 0 Å². The lowest BCUT2D eigenvalue weighted by Crippen LogP contribution is -1.76. The van der Waals surface area contributed by atoms with Crippen LogP contribution in [-0.4, -0.2) is 0 Å². The van der Waals surface area contributed by atoms with Gasteiger partial charge in [0.2, 0.25) is 0 Å². The molecule has 0 saturated carbocycles. The third-order valence-electron chi connectivity index (χ3n) is 3.94. The molecule has 3 heteroatoms. The highest BCUT2D eigenvalue weighted by Crippen LogP contribution is 2.42. The average molecular weight is 325 g/mol. The van der Waals surface area contributed by atoms with Crippen molar-refractivity contribution in [2.75, 3.05) is 0 Å². The molecule has 0 saturated heterocycles. The van der Waals surface area contributed by atoms with Gasteiger partial charge in [0, 0.05) is 14.8 Å². The zero-order valence-corrected chi connectivity index (χ0v) is 13.3. The molecule has 2 heterocycles. The van der Waals surface area contributed by atoms with Gasteiger partial charge in [0.15, 0.2) is 0 Å². The Morgan fingerprint density at radius 1 is 0.667 bits per heavy atom. The Bertz CT molecular complexity index is 1150. The Labute approximate surface area is 134 Å². The molecule has 0 aliphatic carbocycles. The highest BCUT2D eigenvalue weighted by atomic mass is 35.5. The molecule has 5 aromatic rings. The van der Waals surface area contributed by atoms with Crippen molar-refractivity contribution in [3.05, 3.63) is 58.9 Å². The fourth-order valence-electron chi connectivity index (χ4n) is 2.96. The molecular weight excluding hydrogens is 316 g/mol. The van der Waals surface area contributed by atoms with E-state index < -0.39 is 0 Å². The van der Waals surface area contributed by atoms with Crippen LogP contribution in [0.25, 0.3) is 41.0 Å². The van der Waals surface area contributed by atoms with Gasteiger partial charge in [-0.3, -0.25) is 0 Å². The predicted molar refractivity (Wildman–Crippen MR) is 97.2 cm³/mol. The third-order valence-corrected chi connectivity index (χ3v) is 6.46. The third kappa shape index (κ3) is 1.73. The zero-order chi connectivity index (χ0) is 14.0. The van der Waals surface area contributed by atoms with Crippen LogP contribution < -0.4 is 0 Å². The van der Waals surface area contributed by atoms with Crippen molar-refractivity contribution in [3.8, 4) is 0 Å². The second-order valence-corrected chi connectivity index (χ2v) is 8.01. The Morgan fingerprint density at radius 2 is 1.38 bits per heavy atom. The van der Waals surface area contributed by atoms with Crippen LogP contribution in [0.5, 0.6) is 0 Å². The van der Waals surface area contributed by atoms with Crippen LogP contribution >= 0.6 is 34.3 Å². The smallest absolute Gasteiger partial charge is 0.0949 e. The fourth-order valence-corrected chi connectivity index (χ4v) is 5.64. The van der Waals surface area contributed by atoms with Crippen molar-refractivity contribution < 1.29 is 0 Å². The molecule has 0 N–H and O–H groups in total. The molecule has 0 radical (unpaired) electrons. The number of hydrogen-bond donors (Lipinski definition) is 0. The van der Waals surface area contributed by atoms with Gasteiger partial charge in [0.1, 0.15) is 0 Å². The molecule has 100 valence electrons. The van der Waals surface area contributed by atoms with E-state index >= 15 is 0 Å². The first-order chi connectivity index (χ1) is 10.3. The van der Waals surface area contributed by atoms with Gasteiger partial charge >= 0.3 is 0 Å². The molecular formula is C18H9ClS2. The van der Waals surface area contributed by atoms with Crippen molar-refractivity contribution in [2.24, 2.45) is 0 Å². The van der Waals surface area contributed by atoms with E-state index in [1.807, 2.05) is 11.3 Å². The second-order valence-electron chi connectivity index (χ2n) is 5.24. The Kier molecular flexibility index (Phi) is 2.40. The molecule has 5 rings (SSSR count). The Hall–Kier alpha value is -1.61. The van der Waals surface area contributed by atoms with Gasteiger partial charge in [-0.25, -0.2) is 0 Å². The van der Waals surface area contributed by atoms with Crippen molar-refractivity contribution in [1.29, 1.82) is 0 Å². The minimum atomic E-state index is 0.872. The zero-order valence-electron chi connectivity index (χ0n) is 10.9. The van der Waals surface area contributed by atoms with Crippen molar-refractivity contribution in [3.63, 3.8) is 0 Å². The van der Waals surface area contributed by atoms with E-state index in [4.69, 9.17) is 11.6 Å². The molecule has 0 spiro atoms. The standard InChI is InChI=1S/C18H9ClS2/c19-17-9-16-18(21-17)14-7-12-5-10-3-1-2-4-11(10)6-13(12)8-15(14)20-16/h1-9H. The van der Waals surface area contributed by atoms with Gasteiger partial charge in [-0.05, 0) is 51.9 Å². The lowest BCUT2D eigenvalue weighted by Gasteiger charge is -2.03. The number of benzene rings is 3. The van der Waals surface area contributed by atoms with Crippen LogP contribution in [0.2, 0.25) is 4.34 Å². The second kappa shape index (κ2) is 4.20. The van der Waals surface area contributed by atoms with E-state index in [0.29, 0.717) is 0 Å². The summed E-state index contributed by atoms with van der Waals surface area (Å²) in [5, 5.41) is 6.52. The van der Waals surface area contributed by atoms with Gasteiger partial charge in [-0.15, -0.1) is 22.7 Å². The lowest BCUT2D eigenvalue weighted by atomic mass is 10.0. The van der Waals surface area contributed by atoms with Crippen LogP contribution in [0.4, 0.5) is 0 Å². The molecule has 0 aliphatic heterocycles. The minimum Gasteiger partial charge on any atom is -0.134 e. The molecule has 0 amide bonds. The van der Waals surface area contributed by atoms with Crippen LogP contribution in [0.15, 0.2) is 54.6 Å². The van der Waals surface area contributed by atoms with Crippen LogP contribution in [-0.2, 0) is 0 Å². The summed E-state index contributed by atoms with van der Waals surface area (Å²) in [5.74, 6) is 0. The number of fused-ring (bicyclic) bond motifs is 5. The quantitative estimate of drug-likeness (QED) is 0.267. The van der Waals surface area contributed by atoms with Gasteiger partial charge in [0.05, 0.1) is 9.04 Å². The summed E-state index contributed by atoms with van der Waals surface area (Å²) >= 11 is 9.65. The summed E-state index contributed by atoms with van der Waals surface area (Å²) < 4.78 is 4.82. The molecule has 21 heavy (non-hydrogen) atoms. The summed E-state index contributed by atoms with van der Waals surface area (Å²) in [4.78, 5) is 0. The first-order valence-electron chi connectivity index (χ1n) is 6.72. The predicted octanol–water partition coefficient (Wildman–Crippen LogP) is 7.08. The average Bonchev–Trinajstić information content (AvgIpc) is 2.98. The number of hydrogen-bond acceptors (Lipinski definition) is 2. The maximum Gasteiger partial charge on any atom is 0.0949 e. The van der Waals surface area contributed by atoms with Crippen LogP contribution in [0.1, 0.15) is 0 Å². The van der Waals surface area contributed by atoms with Crippen molar-refractivity contribution >= 4 is 75.3 Å². The Morgan fingerprint density at radius 3 is 2.14 bits per heavy atom. The van der Waals surface area contributed by atoms with E-state index in [0.717, 1.165) is 4.34 Å². The Balaban J connectivity index is 1.97. The molecule has 0 fully saturated rings.